The Kier molecular flexibility index (Phi) is 10.7. The van der Waals surface area contributed by atoms with Gasteiger partial charge in [-0.25, -0.2) is 16.8 Å². The lowest BCUT2D eigenvalue weighted by Crippen LogP contribution is -2.06. The number of nitrogens with zero attached hydrogens (tertiary/aromatic N) is 4. The number of hydrogen-bond donors (Lipinski definition) is 4. The van der Waals surface area contributed by atoms with Crippen LogP contribution < -0.4 is 10.1 Å². The Balaban J connectivity index is 1.64. The molecule has 5 aromatic carbocycles. The molecule has 0 amide bonds. The molecule has 0 atom stereocenters. The van der Waals surface area contributed by atoms with E-state index < -0.39 is 40.4 Å². The monoisotopic (exact) mass is 767 g/mol. The van der Waals surface area contributed by atoms with Crippen molar-refractivity contribution in [2.75, 3.05) is 23.9 Å². The molecule has 272 valence electrons. The number of anilines is 2. The van der Waals surface area contributed by atoms with Crippen LogP contribution in [0.5, 0.6) is 17.2 Å². The molecule has 0 unspecified atom stereocenters. The molecule has 0 aliphatic rings. The molecular weight excluding hydrogens is 735 g/mol. The maximum absolute atomic E-state index is 12.5. The molecule has 0 fully saturated rings. The summed E-state index contributed by atoms with van der Waals surface area (Å²) in [5.41, 5.74) is 1.61. The smallest absolute Gasteiger partial charge is 0.296 e. The van der Waals surface area contributed by atoms with Crippen LogP contribution in [0.2, 0.25) is 0 Å². The summed E-state index contributed by atoms with van der Waals surface area (Å²) in [6.45, 7) is 4.74. The van der Waals surface area contributed by atoms with E-state index in [0.29, 0.717) is 16.8 Å². The number of aromatic hydroxyl groups is 2. The summed E-state index contributed by atoms with van der Waals surface area (Å²) in [5.74, 6) is -1.44. The number of aryl methyl sites for hydroxylation is 1. The minimum absolute atomic E-state index is 0.0419. The molecule has 0 aliphatic heterocycles. The maximum Gasteiger partial charge on any atom is 0.296 e. The number of ether oxygens (including phenoxy) is 1. The average Bonchev–Trinajstić information content (AvgIpc) is 3.10. The van der Waals surface area contributed by atoms with Crippen LogP contribution in [0.15, 0.2) is 114 Å². The second-order valence-corrected chi connectivity index (χ2v) is 17.2. The van der Waals surface area contributed by atoms with E-state index in [1.54, 1.807) is 18.2 Å². The molecule has 52 heavy (non-hydrogen) atoms. The standard InChI is InChI=1S/C34H33N5O10S3/c1-5-50(42,43)22-10-13-25(31(17-22)52(46,47)48)36-39-33-23-11-15-27(34(41)24(23)12-14-26(33)35-21-9-7-8-20(3)16-21)37-38-28-18-30(49-4)32(19-29(28)40)51(44,45)6-2/h7-19,35,40-41H,5-6H2,1-4H3,(H,46,47,48). The van der Waals surface area contributed by atoms with Crippen molar-refractivity contribution in [1.82, 2.24) is 0 Å². The van der Waals surface area contributed by atoms with Crippen molar-refractivity contribution in [2.24, 2.45) is 20.5 Å². The van der Waals surface area contributed by atoms with Crippen molar-refractivity contribution in [2.45, 2.75) is 35.5 Å². The first-order chi connectivity index (χ1) is 24.5. The summed E-state index contributed by atoms with van der Waals surface area (Å²) >= 11 is 0. The van der Waals surface area contributed by atoms with Crippen LogP contribution in [0.25, 0.3) is 10.8 Å². The highest BCUT2D eigenvalue weighted by Gasteiger charge is 2.23. The van der Waals surface area contributed by atoms with Gasteiger partial charge in [-0.3, -0.25) is 4.55 Å². The molecule has 0 saturated carbocycles. The van der Waals surface area contributed by atoms with Gasteiger partial charge in [0.2, 0.25) is 0 Å². The van der Waals surface area contributed by atoms with Crippen LogP contribution in [0.3, 0.4) is 0 Å². The van der Waals surface area contributed by atoms with E-state index in [1.165, 1.54) is 39.2 Å². The molecule has 18 heteroatoms. The SMILES string of the molecule is CCS(=O)(=O)c1ccc(N=Nc2c(Nc3cccc(C)c3)ccc3c(O)c(N=Nc4cc(OC)c(S(=O)(=O)CC)cc4O)ccc23)c(S(=O)(=O)O)c1. The number of phenols is 2. The number of benzene rings is 5. The van der Waals surface area contributed by atoms with Gasteiger partial charge in [0, 0.05) is 28.6 Å². The Morgan fingerprint density at radius 2 is 1.35 bits per heavy atom. The average molecular weight is 768 g/mol. The Morgan fingerprint density at radius 3 is 2.00 bits per heavy atom. The fraction of sp³-hybridized carbons (Fsp3) is 0.176. The van der Waals surface area contributed by atoms with Crippen LogP contribution in [0.4, 0.5) is 34.1 Å². The number of rotatable bonds is 12. The molecule has 15 nitrogen and oxygen atoms in total. The van der Waals surface area contributed by atoms with Crippen molar-refractivity contribution in [3.8, 4) is 17.2 Å². The van der Waals surface area contributed by atoms with Gasteiger partial charge in [-0.1, -0.05) is 26.0 Å². The number of nitrogens with one attached hydrogen (secondary N) is 1. The predicted octanol–water partition coefficient (Wildman–Crippen LogP) is 7.98. The van der Waals surface area contributed by atoms with Crippen molar-refractivity contribution < 1.29 is 44.8 Å². The normalized spacial score (nSPS) is 12.6. The quantitative estimate of drug-likeness (QED) is 0.0701. The Morgan fingerprint density at radius 1 is 0.692 bits per heavy atom. The number of azo groups is 2. The number of phenolic OH excluding ortho intramolecular Hbond substituents is 2. The number of sulfone groups is 2. The summed E-state index contributed by atoms with van der Waals surface area (Å²) in [5, 5.41) is 42.1. The lowest BCUT2D eigenvalue weighted by Gasteiger charge is -2.13. The Hall–Kier alpha value is -5.43. The third-order valence-electron chi connectivity index (χ3n) is 7.87. The Bertz CT molecular complexity index is 2610. The van der Waals surface area contributed by atoms with Crippen molar-refractivity contribution in [1.29, 1.82) is 0 Å². The lowest BCUT2D eigenvalue weighted by molar-refractivity contribution is 0.399. The highest BCUT2D eigenvalue weighted by atomic mass is 32.2. The zero-order valence-corrected chi connectivity index (χ0v) is 30.6. The van der Waals surface area contributed by atoms with Crippen LogP contribution in [-0.2, 0) is 29.8 Å². The van der Waals surface area contributed by atoms with Gasteiger partial charge in [0.05, 0.1) is 29.2 Å². The van der Waals surface area contributed by atoms with Gasteiger partial charge < -0.3 is 20.3 Å². The van der Waals surface area contributed by atoms with E-state index in [2.05, 4.69) is 25.8 Å². The van der Waals surface area contributed by atoms with E-state index in [1.807, 2.05) is 25.1 Å². The molecule has 0 heterocycles. The van der Waals surface area contributed by atoms with E-state index >= 15 is 0 Å². The van der Waals surface area contributed by atoms with Crippen molar-refractivity contribution in [3.63, 3.8) is 0 Å². The molecule has 0 aromatic heterocycles. The summed E-state index contributed by atoms with van der Waals surface area (Å²) in [6.07, 6.45) is 0. The van der Waals surface area contributed by atoms with Gasteiger partial charge in [-0.05, 0) is 67.1 Å². The van der Waals surface area contributed by atoms with Gasteiger partial charge >= 0.3 is 0 Å². The summed E-state index contributed by atoms with van der Waals surface area (Å²) in [4.78, 5) is -1.32. The molecular formula is C34H33N5O10S3. The molecule has 4 N–H and O–H groups in total. The van der Waals surface area contributed by atoms with Gasteiger partial charge in [0.25, 0.3) is 10.1 Å². The van der Waals surface area contributed by atoms with Crippen LogP contribution in [-0.4, -0.2) is 58.6 Å². The van der Waals surface area contributed by atoms with Gasteiger partial charge in [0.1, 0.15) is 44.0 Å². The Labute approximate surface area is 299 Å². The van der Waals surface area contributed by atoms with Crippen LogP contribution in [0, 0.1) is 6.92 Å². The molecule has 0 aliphatic carbocycles. The molecule has 0 spiro atoms. The summed E-state index contributed by atoms with van der Waals surface area (Å²) in [6, 6.07) is 18.8. The van der Waals surface area contributed by atoms with E-state index in [9.17, 15) is 40.0 Å². The fourth-order valence-corrected chi connectivity index (χ4v) is 7.74. The van der Waals surface area contributed by atoms with Crippen LogP contribution in [0.1, 0.15) is 19.4 Å². The highest BCUT2D eigenvalue weighted by molar-refractivity contribution is 7.91. The lowest BCUT2D eigenvalue weighted by atomic mass is 10.0. The second-order valence-electron chi connectivity index (χ2n) is 11.3. The van der Waals surface area contributed by atoms with Crippen molar-refractivity contribution in [3.05, 3.63) is 84.4 Å². The third-order valence-corrected chi connectivity index (χ3v) is 12.2. The molecule has 5 aromatic rings. The van der Waals surface area contributed by atoms with Gasteiger partial charge in [-0.15, -0.1) is 20.5 Å². The molecule has 5 rings (SSSR count). The largest absolute Gasteiger partial charge is 0.506 e. The number of hydrogen-bond acceptors (Lipinski definition) is 14. The fourth-order valence-electron chi connectivity index (χ4n) is 5.06. The highest BCUT2D eigenvalue weighted by Crippen LogP contribution is 2.45. The first-order valence-corrected chi connectivity index (χ1v) is 20.2. The summed E-state index contributed by atoms with van der Waals surface area (Å²) < 4.78 is 89.5. The zero-order chi connectivity index (χ0) is 38.0. The van der Waals surface area contributed by atoms with Gasteiger partial charge in [-0.2, -0.15) is 8.42 Å². The third kappa shape index (κ3) is 7.89. The summed E-state index contributed by atoms with van der Waals surface area (Å²) in [7, 11) is -11.2. The second kappa shape index (κ2) is 14.7. The number of fused-ring (bicyclic) bond motifs is 1. The molecule has 0 saturated heterocycles. The zero-order valence-electron chi connectivity index (χ0n) is 28.1. The van der Waals surface area contributed by atoms with Crippen molar-refractivity contribution >= 4 is 74.7 Å². The van der Waals surface area contributed by atoms with E-state index in [4.69, 9.17) is 4.74 Å². The topological polar surface area (TPSA) is 234 Å². The van der Waals surface area contributed by atoms with E-state index in [-0.39, 0.29) is 60.9 Å². The minimum Gasteiger partial charge on any atom is -0.506 e. The first kappa shape index (κ1) is 37.8. The maximum atomic E-state index is 12.5. The first-order valence-electron chi connectivity index (χ1n) is 15.4. The minimum atomic E-state index is -4.95. The molecule has 0 bridgehead atoms. The van der Waals surface area contributed by atoms with Gasteiger partial charge in [0.15, 0.2) is 25.4 Å². The van der Waals surface area contributed by atoms with E-state index in [0.717, 1.165) is 29.8 Å². The van der Waals surface area contributed by atoms with Crippen LogP contribution >= 0.6 is 0 Å². The number of methoxy groups -OCH3 is 1. The molecule has 0 radical (unpaired) electrons. The predicted molar refractivity (Wildman–Crippen MR) is 195 cm³/mol.